The molecule has 2 atom stereocenters. The third kappa shape index (κ3) is 2.33. The highest BCUT2D eigenvalue weighted by atomic mass is 79.9. The van der Waals surface area contributed by atoms with Gasteiger partial charge in [-0.25, -0.2) is 0 Å². The Hall–Kier alpha value is 0.140. The van der Waals surface area contributed by atoms with Gasteiger partial charge in [-0.3, -0.25) is 0 Å². The lowest BCUT2D eigenvalue weighted by Crippen LogP contribution is -2.14. The summed E-state index contributed by atoms with van der Waals surface area (Å²) in [5, 5.41) is 9.65. The summed E-state index contributed by atoms with van der Waals surface area (Å²) < 4.78 is 1.19. The molecule has 1 aromatic rings. The van der Waals surface area contributed by atoms with E-state index in [0.717, 1.165) is 12.8 Å². The molecule has 0 aromatic carbocycles. The van der Waals surface area contributed by atoms with Gasteiger partial charge >= 0.3 is 0 Å². The number of aliphatic hydroxyl groups excluding tert-OH is 1. The molecule has 3 heteroatoms. The van der Waals surface area contributed by atoms with Crippen LogP contribution in [0.2, 0.25) is 0 Å². The van der Waals surface area contributed by atoms with E-state index in [2.05, 4.69) is 28.1 Å². The smallest absolute Gasteiger partial charge is 0.0701 e. The van der Waals surface area contributed by atoms with Crippen molar-refractivity contribution in [2.45, 2.75) is 31.8 Å². The Balaban J connectivity index is 1.97. The van der Waals surface area contributed by atoms with E-state index in [9.17, 15) is 5.11 Å². The fourth-order valence-corrected chi connectivity index (χ4v) is 3.55. The van der Waals surface area contributed by atoms with Gasteiger partial charge in [-0.2, -0.15) is 0 Å². The number of rotatable bonds is 2. The van der Waals surface area contributed by atoms with Gasteiger partial charge in [0, 0.05) is 4.88 Å². The zero-order valence-corrected chi connectivity index (χ0v) is 9.77. The van der Waals surface area contributed by atoms with Crippen LogP contribution in [0.3, 0.4) is 0 Å². The molecule has 0 bridgehead atoms. The summed E-state index contributed by atoms with van der Waals surface area (Å²) >= 11 is 5.23. The van der Waals surface area contributed by atoms with Gasteiger partial charge in [-0.1, -0.05) is 6.42 Å². The Bertz CT molecular complexity index is 284. The SMILES string of the molecule is O[C@@H]1CCC[C@H]1Cc1ccc(Br)s1. The molecule has 1 nitrogen and oxygen atoms in total. The van der Waals surface area contributed by atoms with E-state index in [1.165, 1.54) is 21.5 Å². The molecule has 2 rings (SSSR count). The van der Waals surface area contributed by atoms with Crippen molar-refractivity contribution in [3.8, 4) is 0 Å². The molecule has 72 valence electrons. The number of hydrogen-bond donors (Lipinski definition) is 1. The molecule has 1 aromatic heterocycles. The van der Waals surface area contributed by atoms with Gasteiger partial charge in [0.05, 0.1) is 9.89 Å². The lowest BCUT2D eigenvalue weighted by Gasteiger charge is -2.12. The van der Waals surface area contributed by atoms with E-state index in [1.807, 2.05) is 0 Å². The standard InChI is InChI=1S/C10H13BrOS/c11-10-5-4-8(13-10)6-7-2-1-3-9(7)12/h4-5,7,9,12H,1-3,6H2/t7-,9+/m0/s1. The van der Waals surface area contributed by atoms with E-state index in [-0.39, 0.29) is 6.10 Å². The maximum Gasteiger partial charge on any atom is 0.0701 e. The molecule has 0 radical (unpaired) electrons. The van der Waals surface area contributed by atoms with Crippen LogP contribution in [-0.4, -0.2) is 11.2 Å². The largest absolute Gasteiger partial charge is 0.393 e. The summed E-state index contributed by atoms with van der Waals surface area (Å²) in [5.41, 5.74) is 0. The van der Waals surface area contributed by atoms with Crippen molar-refractivity contribution in [2.24, 2.45) is 5.92 Å². The molecule has 1 aliphatic rings. The summed E-state index contributed by atoms with van der Waals surface area (Å²) in [6, 6.07) is 4.24. The van der Waals surface area contributed by atoms with Crippen LogP contribution in [0.15, 0.2) is 15.9 Å². The van der Waals surface area contributed by atoms with Gasteiger partial charge < -0.3 is 5.11 Å². The average Bonchev–Trinajstić information content (AvgIpc) is 2.64. The van der Waals surface area contributed by atoms with Gasteiger partial charge in [-0.05, 0) is 53.2 Å². The highest BCUT2D eigenvalue weighted by molar-refractivity contribution is 9.11. The van der Waals surface area contributed by atoms with Gasteiger partial charge in [-0.15, -0.1) is 11.3 Å². The normalized spacial score (nSPS) is 28.2. The van der Waals surface area contributed by atoms with Crippen LogP contribution in [0.1, 0.15) is 24.1 Å². The third-order valence-electron chi connectivity index (χ3n) is 2.71. The van der Waals surface area contributed by atoms with E-state index in [0.29, 0.717) is 5.92 Å². The van der Waals surface area contributed by atoms with Crippen LogP contribution < -0.4 is 0 Å². The molecule has 0 aliphatic heterocycles. The van der Waals surface area contributed by atoms with Crippen molar-refractivity contribution in [3.05, 3.63) is 20.8 Å². The van der Waals surface area contributed by atoms with Crippen molar-refractivity contribution in [1.29, 1.82) is 0 Å². The molecule has 0 amide bonds. The molecule has 1 aliphatic carbocycles. The molecule has 0 saturated heterocycles. The fraction of sp³-hybridized carbons (Fsp3) is 0.600. The van der Waals surface area contributed by atoms with Crippen LogP contribution >= 0.6 is 27.3 Å². The maximum atomic E-state index is 9.65. The predicted octanol–water partition coefficient (Wildman–Crippen LogP) is 3.21. The van der Waals surface area contributed by atoms with E-state index < -0.39 is 0 Å². The van der Waals surface area contributed by atoms with Crippen LogP contribution in [0.4, 0.5) is 0 Å². The van der Waals surface area contributed by atoms with Crippen LogP contribution in [0.5, 0.6) is 0 Å². The summed E-state index contributed by atoms with van der Waals surface area (Å²) in [6.45, 7) is 0. The van der Waals surface area contributed by atoms with Crippen LogP contribution in [0.25, 0.3) is 0 Å². The minimum absolute atomic E-state index is 0.0547. The zero-order chi connectivity index (χ0) is 9.26. The molecule has 1 heterocycles. The van der Waals surface area contributed by atoms with E-state index >= 15 is 0 Å². The van der Waals surface area contributed by atoms with Gasteiger partial charge in [0.2, 0.25) is 0 Å². The number of thiophene rings is 1. The minimum atomic E-state index is -0.0547. The summed E-state index contributed by atoms with van der Waals surface area (Å²) in [5.74, 6) is 0.505. The minimum Gasteiger partial charge on any atom is -0.393 e. The Morgan fingerprint density at radius 2 is 2.31 bits per heavy atom. The van der Waals surface area contributed by atoms with E-state index in [4.69, 9.17) is 0 Å². The second-order valence-corrected chi connectivity index (χ2v) is 6.22. The summed E-state index contributed by atoms with van der Waals surface area (Å²) in [4.78, 5) is 1.39. The van der Waals surface area contributed by atoms with Gasteiger partial charge in [0.25, 0.3) is 0 Å². The Morgan fingerprint density at radius 1 is 1.46 bits per heavy atom. The van der Waals surface area contributed by atoms with Crippen LogP contribution in [0, 0.1) is 5.92 Å². The average molecular weight is 261 g/mol. The number of hydrogen-bond acceptors (Lipinski definition) is 2. The summed E-state index contributed by atoms with van der Waals surface area (Å²) in [7, 11) is 0. The molecule has 1 N–H and O–H groups in total. The third-order valence-corrected chi connectivity index (χ3v) is 4.36. The first-order valence-corrected chi connectivity index (χ1v) is 6.29. The highest BCUT2D eigenvalue weighted by Crippen LogP contribution is 2.31. The maximum absolute atomic E-state index is 9.65. The number of aliphatic hydroxyl groups is 1. The molecular formula is C10H13BrOS. The fourth-order valence-electron chi connectivity index (χ4n) is 1.98. The van der Waals surface area contributed by atoms with E-state index in [1.54, 1.807) is 11.3 Å². The number of halogens is 1. The molecule has 13 heavy (non-hydrogen) atoms. The van der Waals surface area contributed by atoms with Gasteiger partial charge in [0.1, 0.15) is 0 Å². The second-order valence-electron chi connectivity index (χ2n) is 3.67. The Kier molecular flexibility index (Phi) is 3.06. The van der Waals surface area contributed by atoms with Crippen molar-refractivity contribution in [2.75, 3.05) is 0 Å². The van der Waals surface area contributed by atoms with Gasteiger partial charge in [0.15, 0.2) is 0 Å². The van der Waals surface area contributed by atoms with Crippen molar-refractivity contribution in [3.63, 3.8) is 0 Å². The quantitative estimate of drug-likeness (QED) is 0.866. The first-order valence-electron chi connectivity index (χ1n) is 4.68. The summed E-state index contributed by atoms with van der Waals surface area (Å²) in [6.07, 6.45) is 4.38. The first-order chi connectivity index (χ1) is 6.25. The molecule has 0 unspecified atom stereocenters. The van der Waals surface area contributed by atoms with Crippen molar-refractivity contribution < 1.29 is 5.11 Å². The second kappa shape index (κ2) is 4.11. The Labute approximate surface area is 90.9 Å². The Morgan fingerprint density at radius 3 is 2.85 bits per heavy atom. The lowest BCUT2D eigenvalue weighted by atomic mass is 10.0. The van der Waals surface area contributed by atoms with Crippen molar-refractivity contribution >= 4 is 27.3 Å². The molecular weight excluding hydrogens is 248 g/mol. The predicted molar refractivity (Wildman–Crippen MR) is 59.1 cm³/mol. The molecule has 1 fully saturated rings. The molecule has 0 spiro atoms. The first kappa shape index (κ1) is 9.69. The lowest BCUT2D eigenvalue weighted by molar-refractivity contribution is 0.133. The monoisotopic (exact) mass is 260 g/mol. The topological polar surface area (TPSA) is 20.2 Å². The van der Waals surface area contributed by atoms with Crippen LogP contribution in [-0.2, 0) is 6.42 Å². The van der Waals surface area contributed by atoms with Crippen molar-refractivity contribution in [1.82, 2.24) is 0 Å². The molecule has 1 saturated carbocycles. The highest BCUT2D eigenvalue weighted by Gasteiger charge is 2.25. The zero-order valence-electron chi connectivity index (χ0n) is 7.37.